The Labute approximate surface area is 180 Å². The largest absolute Gasteiger partial charge is 0.356 e. The quantitative estimate of drug-likeness (QED) is 0.669. The number of hydrogen-bond donors (Lipinski definition) is 1. The number of rotatable bonds is 5. The average molecular weight is 419 g/mol. The van der Waals surface area contributed by atoms with Crippen molar-refractivity contribution in [2.45, 2.75) is 25.7 Å². The van der Waals surface area contributed by atoms with E-state index in [4.69, 9.17) is 0 Å². The first kappa shape index (κ1) is 19.4. The van der Waals surface area contributed by atoms with Gasteiger partial charge < -0.3 is 15.1 Å². The highest BCUT2D eigenvalue weighted by Crippen LogP contribution is 2.24. The van der Waals surface area contributed by atoms with Crippen LogP contribution in [-0.2, 0) is 4.79 Å². The molecule has 2 fully saturated rings. The first-order chi connectivity index (χ1) is 15.3. The fourth-order valence-electron chi connectivity index (χ4n) is 4.15. The van der Waals surface area contributed by atoms with Gasteiger partial charge in [-0.2, -0.15) is 5.10 Å². The molecule has 31 heavy (non-hydrogen) atoms. The molecule has 3 aromatic heterocycles. The van der Waals surface area contributed by atoms with Crippen LogP contribution < -0.4 is 15.1 Å². The van der Waals surface area contributed by atoms with E-state index in [0.29, 0.717) is 11.6 Å². The normalized spacial score (nSPS) is 17.2. The third-order valence-corrected chi connectivity index (χ3v) is 5.90. The van der Waals surface area contributed by atoms with Crippen LogP contribution >= 0.6 is 0 Å². The van der Waals surface area contributed by atoms with Crippen molar-refractivity contribution in [1.29, 1.82) is 0 Å². The molecule has 2 aliphatic rings. The predicted molar refractivity (Wildman–Crippen MR) is 116 cm³/mol. The zero-order valence-electron chi connectivity index (χ0n) is 17.3. The minimum Gasteiger partial charge on any atom is -0.356 e. The number of nitrogens with zero attached hydrogens (tertiary/aromatic N) is 8. The molecule has 0 bridgehead atoms. The molecule has 1 N–H and O–H groups in total. The number of nitrogens with one attached hydrogen (secondary N) is 1. The number of piperidine rings is 1. The van der Waals surface area contributed by atoms with Gasteiger partial charge in [-0.1, -0.05) is 0 Å². The van der Waals surface area contributed by atoms with E-state index >= 15 is 0 Å². The fourth-order valence-corrected chi connectivity index (χ4v) is 4.15. The number of aromatic nitrogens is 6. The molecule has 160 valence electrons. The Balaban J connectivity index is 1.16. The lowest BCUT2D eigenvalue weighted by molar-refractivity contribution is -0.120. The molecule has 10 heteroatoms. The third-order valence-electron chi connectivity index (χ3n) is 5.90. The second-order valence-corrected chi connectivity index (χ2v) is 7.91. The Morgan fingerprint density at radius 3 is 2.39 bits per heavy atom. The van der Waals surface area contributed by atoms with E-state index in [1.807, 2.05) is 30.5 Å². The number of hydrogen-bond acceptors (Lipinski definition) is 8. The van der Waals surface area contributed by atoms with Gasteiger partial charge in [-0.05, 0) is 43.9 Å². The summed E-state index contributed by atoms with van der Waals surface area (Å²) in [5.74, 6) is 2.93. The lowest BCUT2D eigenvalue weighted by atomic mass is 9.96. The zero-order valence-corrected chi connectivity index (χ0v) is 17.3. The van der Waals surface area contributed by atoms with Gasteiger partial charge in [0.25, 0.3) is 0 Å². The SMILES string of the molecule is O=C(Nc1cc(N2CCCC2)ncn1)C1CCN(c2ccc(-n3cccn3)nn2)CC1. The van der Waals surface area contributed by atoms with Crippen LogP contribution in [0.5, 0.6) is 0 Å². The van der Waals surface area contributed by atoms with Crippen LogP contribution in [0.3, 0.4) is 0 Å². The van der Waals surface area contributed by atoms with Crippen LogP contribution in [0.4, 0.5) is 17.5 Å². The number of amides is 1. The van der Waals surface area contributed by atoms with E-state index in [2.05, 4.69) is 40.4 Å². The molecule has 5 rings (SSSR count). The highest BCUT2D eigenvalue weighted by molar-refractivity contribution is 5.92. The van der Waals surface area contributed by atoms with Crippen molar-refractivity contribution in [3.63, 3.8) is 0 Å². The summed E-state index contributed by atoms with van der Waals surface area (Å²) in [5, 5.41) is 15.7. The Bertz CT molecular complexity index is 1010. The van der Waals surface area contributed by atoms with Gasteiger partial charge in [0.1, 0.15) is 18.0 Å². The van der Waals surface area contributed by atoms with Crippen LogP contribution in [0.2, 0.25) is 0 Å². The molecular formula is C21H25N9O. The first-order valence-electron chi connectivity index (χ1n) is 10.7. The Hall–Kier alpha value is -3.56. The molecule has 0 radical (unpaired) electrons. The lowest BCUT2D eigenvalue weighted by Gasteiger charge is -2.31. The molecule has 5 heterocycles. The van der Waals surface area contributed by atoms with Crippen molar-refractivity contribution in [1.82, 2.24) is 29.9 Å². The molecule has 3 aromatic rings. The molecule has 0 unspecified atom stereocenters. The summed E-state index contributed by atoms with van der Waals surface area (Å²) >= 11 is 0. The predicted octanol–water partition coefficient (Wildman–Crippen LogP) is 1.91. The van der Waals surface area contributed by atoms with Gasteiger partial charge in [-0.15, -0.1) is 10.2 Å². The van der Waals surface area contributed by atoms with E-state index in [9.17, 15) is 4.79 Å². The average Bonchev–Trinajstić information content (AvgIpc) is 3.54. The van der Waals surface area contributed by atoms with E-state index in [1.54, 1.807) is 10.9 Å². The van der Waals surface area contributed by atoms with Gasteiger partial charge in [-0.3, -0.25) is 4.79 Å². The van der Waals surface area contributed by atoms with Crippen LogP contribution in [0.1, 0.15) is 25.7 Å². The summed E-state index contributed by atoms with van der Waals surface area (Å²) in [7, 11) is 0. The summed E-state index contributed by atoms with van der Waals surface area (Å²) < 4.78 is 1.68. The van der Waals surface area contributed by atoms with E-state index in [-0.39, 0.29) is 11.8 Å². The summed E-state index contributed by atoms with van der Waals surface area (Å²) in [4.78, 5) is 25.8. The molecular weight excluding hydrogens is 394 g/mol. The maximum absolute atomic E-state index is 12.8. The Kier molecular flexibility index (Phi) is 5.42. The molecule has 0 atom stereocenters. The minimum atomic E-state index is -0.0437. The van der Waals surface area contributed by atoms with Crippen molar-refractivity contribution in [2.24, 2.45) is 5.92 Å². The molecule has 0 saturated carbocycles. The number of carbonyl (C=O) groups is 1. The van der Waals surface area contributed by atoms with Gasteiger partial charge in [0, 0.05) is 50.6 Å². The maximum atomic E-state index is 12.8. The molecule has 10 nitrogen and oxygen atoms in total. The van der Waals surface area contributed by atoms with E-state index in [1.165, 1.54) is 19.2 Å². The Morgan fingerprint density at radius 1 is 0.935 bits per heavy atom. The van der Waals surface area contributed by atoms with Crippen molar-refractivity contribution >= 4 is 23.4 Å². The van der Waals surface area contributed by atoms with Crippen molar-refractivity contribution in [3.05, 3.63) is 43.0 Å². The van der Waals surface area contributed by atoms with E-state index < -0.39 is 0 Å². The molecule has 2 saturated heterocycles. The van der Waals surface area contributed by atoms with Gasteiger partial charge in [0.2, 0.25) is 5.91 Å². The Morgan fingerprint density at radius 2 is 1.68 bits per heavy atom. The van der Waals surface area contributed by atoms with Crippen molar-refractivity contribution < 1.29 is 4.79 Å². The monoisotopic (exact) mass is 419 g/mol. The van der Waals surface area contributed by atoms with Crippen LogP contribution in [-0.4, -0.2) is 62.0 Å². The third kappa shape index (κ3) is 4.32. The summed E-state index contributed by atoms with van der Waals surface area (Å²) in [6, 6.07) is 7.57. The molecule has 0 aliphatic carbocycles. The number of carbonyl (C=O) groups excluding carboxylic acids is 1. The summed E-state index contributed by atoms with van der Waals surface area (Å²) in [5.41, 5.74) is 0. The molecule has 0 aromatic carbocycles. The molecule has 2 aliphatic heterocycles. The smallest absolute Gasteiger partial charge is 0.228 e. The second kappa shape index (κ2) is 8.66. The van der Waals surface area contributed by atoms with Gasteiger partial charge in [-0.25, -0.2) is 14.6 Å². The van der Waals surface area contributed by atoms with Gasteiger partial charge >= 0.3 is 0 Å². The fraction of sp³-hybridized carbons (Fsp3) is 0.429. The maximum Gasteiger partial charge on any atom is 0.228 e. The second-order valence-electron chi connectivity index (χ2n) is 7.91. The van der Waals surface area contributed by atoms with Crippen LogP contribution in [0, 0.1) is 5.92 Å². The highest BCUT2D eigenvalue weighted by atomic mass is 16.2. The highest BCUT2D eigenvalue weighted by Gasteiger charge is 2.26. The van der Waals surface area contributed by atoms with Crippen LogP contribution in [0.15, 0.2) is 43.0 Å². The molecule has 0 spiro atoms. The zero-order chi connectivity index (χ0) is 21.0. The summed E-state index contributed by atoms with van der Waals surface area (Å²) in [6.45, 7) is 3.54. The number of anilines is 3. The van der Waals surface area contributed by atoms with E-state index in [0.717, 1.165) is 50.7 Å². The van der Waals surface area contributed by atoms with Crippen molar-refractivity contribution in [2.75, 3.05) is 41.3 Å². The van der Waals surface area contributed by atoms with Gasteiger partial charge in [0.15, 0.2) is 11.6 Å². The topological polar surface area (TPSA) is 105 Å². The summed E-state index contributed by atoms with van der Waals surface area (Å²) in [6.07, 6.45) is 8.95. The first-order valence-corrected chi connectivity index (χ1v) is 10.7. The van der Waals surface area contributed by atoms with Crippen molar-refractivity contribution in [3.8, 4) is 5.82 Å². The van der Waals surface area contributed by atoms with Gasteiger partial charge in [0.05, 0.1) is 0 Å². The minimum absolute atomic E-state index is 0.0193. The van der Waals surface area contributed by atoms with Crippen LogP contribution in [0.25, 0.3) is 5.82 Å². The molecule has 1 amide bonds. The standard InChI is InChI=1S/C21H25N9O/c31-21(25-17-14-20(23-15-22-17)28-9-1-2-10-28)16-6-12-29(13-7-16)18-4-5-19(27-26-18)30-11-3-8-24-30/h3-5,8,11,14-16H,1-2,6-7,9-10,12-13H2,(H,22,23,25,31). The lowest BCUT2D eigenvalue weighted by Crippen LogP contribution is -2.38.